The van der Waals surface area contributed by atoms with Crippen LogP contribution in [-0.4, -0.2) is 33.9 Å². The molecule has 3 aromatic rings. The smallest absolute Gasteiger partial charge is 0.422 e. The highest BCUT2D eigenvalue weighted by Gasteiger charge is 2.65. The van der Waals surface area contributed by atoms with E-state index in [4.69, 9.17) is 4.42 Å². The van der Waals surface area contributed by atoms with Gasteiger partial charge in [0.15, 0.2) is 0 Å². The lowest BCUT2D eigenvalue weighted by Gasteiger charge is -2.32. The Morgan fingerprint density at radius 2 is 1.87 bits per heavy atom. The van der Waals surface area contributed by atoms with Gasteiger partial charge in [-0.2, -0.15) is 36.5 Å². The zero-order valence-electron chi connectivity index (χ0n) is 14.5. The lowest BCUT2D eigenvalue weighted by molar-refractivity contribution is -0.255. The first-order valence-corrected chi connectivity index (χ1v) is 9.01. The van der Waals surface area contributed by atoms with E-state index >= 15 is 0 Å². The van der Waals surface area contributed by atoms with Crippen molar-refractivity contribution in [1.82, 2.24) is 4.98 Å². The number of fused-ring (bicyclic) bond motifs is 1. The molecule has 158 valence electrons. The number of para-hydroxylation sites is 1. The summed E-state index contributed by atoms with van der Waals surface area (Å²) in [6, 6.07) is 7.85. The lowest BCUT2D eigenvalue weighted by Crippen LogP contribution is -2.55. The third-order valence-corrected chi connectivity index (χ3v) is 5.17. The van der Waals surface area contributed by atoms with Gasteiger partial charge in [0, 0.05) is 10.8 Å². The molecular formula is C17H9F6N3O3S. The highest BCUT2D eigenvalue weighted by molar-refractivity contribution is 7.14. The average Bonchev–Trinajstić information content (AvgIpc) is 3.25. The maximum Gasteiger partial charge on any atom is 0.438 e. The van der Waals surface area contributed by atoms with Gasteiger partial charge in [0.25, 0.3) is 5.72 Å². The molecule has 0 radical (unpaired) electrons. The molecule has 30 heavy (non-hydrogen) atoms. The summed E-state index contributed by atoms with van der Waals surface area (Å²) in [5, 5.41) is 13.7. The minimum atomic E-state index is -5.46. The first-order chi connectivity index (χ1) is 13.9. The molecule has 0 spiro atoms. The van der Waals surface area contributed by atoms with Crippen LogP contribution in [0.15, 0.2) is 50.0 Å². The van der Waals surface area contributed by atoms with Crippen LogP contribution in [0.2, 0.25) is 0 Å². The van der Waals surface area contributed by atoms with Crippen LogP contribution in [0.5, 0.6) is 0 Å². The molecule has 1 aliphatic rings. The highest BCUT2D eigenvalue weighted by Crippen LogP contribution is 2.46. The number of hydrazone groups is 1. The van der Waals surface area contributed by atoms with Crippen molar-refractivity contribution in [3.8, 4) is 11.3 Å². The quantitative estimate of drug-likeness (QED) is 0.466. The summed E-state index contributed by atoms with van der Waals surface area (Å²) in [7, 11) is 0. The molecule has 0 fully saturated rings. The van der Waals surface area contributed by atoms with Gasteiger partial charge in [-0.1, -0.05) is 18.2 Å². The lowest BCUT2D eigenvalue weighted by atomic mass is 10.1. The predicted molar refractivity (Wildman–Crippen MR) is 95.2 cm³/mol. The van der Waals surface area contributed by atoms with Crippen LogP contribution in [0.3, 0.4) is 0 Å². The molecule has 1 N–H and O–H groups in total. The zero-order valence-corrected chi connectivity index (χ0v) is 15.3. The van der Waals surface area contributed by atoms with Gasteiger partial charge in [-0.15, -0.1) is 11.3 Å². The van der Waals surface area contributed by atoms with Gasteiger partial charge in [0.1, 0.15) is 11.3 Å². The van der Waals surface area contributed by atoms with Crippen LogP contribution in [0.25, 0.3) is 22.2 Å². The number of aliphatic hydroxyl groups is 1. The van der Waals surface area contributed by atoms with E-state index in [0.29, 0.717) is 16.7 Å². The number of benzene rings is 1. The highest BCUT2D eigenvalue weighted by atomic mass is 32.1. The second kappa shape index (κ2) is 6.54. The number of anilines is 1. The second-order valence-electron chi connectivity index (χ2n) is 6.35. The Balaban J connectivity index is 1.80. The normalized spacial score (nSPS) is 20.1. The van der Waals surface area contributed by atoms with E-state index in [1.54, 1.807) is 18.2 Å². The summed E-state index contributed by atoms with van der Waals surface area (Å²) in [6.45, 7) is 0. The minimum Gasteiger partial charge on any atom is -0.422 e. The largest absolute Gasteiger partial charge is 0.438 e. The molecule has 0 aliphatic carbocycles. The zero-order chi connectivity index (χ0) is 21.9. The Morgan fingerprint density at radius 3 is 2.53 bits per heavy atom. The Labute approximate surface area is 166 Å². The number of hydrogen-bond acceptors (Lipinski definition) is 7. The Bertz CT molecular complexity index is 1220. The number of nitrogens with zero attached hydrogens (tertiary/aromatic N) is 3. The topological polar surface area (TPSA) is 78.9 Å². The van der Waals surface area contributed by atoms with E-state index in [9.17, 15) is 36.2 Å². The summed E-state index contributed by atoms with van der Waals surface area (Å²) in [5.74, 6) is 0. The van der Waals surface area contributed by atoms with E-state index < -0.39 is 41.0 Å². The predicted octanol–water partition coefficient (Wildman–Crippen LogP) is 4.30. The molecule has 1 unspecified atom stereocenters. The molecule has 2 aromatic heterocycles. The molecule has 0 saturated heterocycles. The van der Waals surface area contributed by atoms with Crippen molar-refractivity contribution in [1.29, 1.82) is 0 Å². The standard InChI is InChI=1S/C17H9F6N3O3S/c18-16(19,20)12-6-15(28,17(21,22)23)26(25-12)14-24-10(7-30-14)9-5-8-3-1-2-4-11(8)29-13(9)27/h1-5,7,28H,6H2. The molecule has 4 rings (SSSR count). The van der Waals surface area contributed by atoms with E-state index in [0.717, 1.165) is 5.38 Å². The van der Waals surface area contributed by atoms with Crippen LogP contribution in [0, 0.1) is 0 Å². The number of halogens is 6. The fourth-order valence-corrected chi connectivity index (χ4v) is 3.69. The van der Waals surface area contributed by atoms with Crippen molar-refractivity contribution < 1.29 is 35.9 Å². The fourth-order valence-electron chi connectivity index (χ4n) is 2.85. The van der Waals surface area contributed by atoms with Crippen molar-refractivity contribution in [2.24, 2.45) is 5.10 Å². The third-order valence-electron chi connectivity index (χ3n) is 4.36. The molecule has 0 amide bonds. The SMILES string of the molecule is O=c1oc2ccccc2cc1-c1csc(N2N=C(C(F)(F)F)CC2(O)C(F)(F)F)n1. The maximum atomic E-state index is 13.4. The van der Waals surface area contributed by atoms with Crippen molar-refractivity contribution in [2.45, 2.75) is 24.5 Å². The van der Waals surface area contributed by atoms with Crippen LogP contribution >= 0.6 is 11.3 Å². The number of rotatable bonds is 2. The molecule has 13 heteroatoms. The number of alkyl halides is 6. The third kappa shape index (κ3) is 3.23. The van der Waals surface area contributed by atoms with Crippen molar-refractivity contribution in [3.63, 3.8) is 0 Å². The van der Waals surface area contributed by atoms with E-state index in [1.807, 2.05) is 0 Å². The minimum absolute atomic E-state index is 0.106. The summed E-state index contributed by atoms with van der Waals surface area (Å²) >= 11 is 0.487. The summed E-state index contributed by atoms with van der Waals surface area (Å²) in [4.78, 5) is 16.0. The second-order valence-corrected chi connectivity index (χ2v) is 7.18. The van der Waals surface area contributed by atoms with Gasteiger partial charge in [-0.3, -0.25) is 0 Å². The van der Waals surface area contributed by atoms with Crippen LogP contribution in [-0.2, 0) is 0 Å². The molecule has 6 nitrogen and oxygen atoms in total. The molecular weight excluding hydrogens is 440 g/mol. The van der Waals surface area contributed by atoms with Gasteiger partial charge in [-0.25, -0.2) is 9.78 Å². The molecule has 0 saturated carbocycles. The van der Waals surface area contributed by atoms with Crippen LogP contribution in [0.4, 0.5) is 31.5 Å². The number of thiazole rings is 1. The Morgan fingerprint density at radius 1 is 1.17 bits per heavy atom. The van der Waals surface area contributed by atoms with Gasteiger partial charge in [-0.05, 0) is 12.1 Å². The van der Waals surface area contributed by atoms with E-state index in [-0.39, 0.29) is 21.8 Å². The van der Waals surface area contributed by atoms with Crippen molar-refractivity contribution in [3.05, 3.63) is 46.1 Å². The Kier molecular flexibility index (Phi) is 4.43. The molecule has 0 bridgehead atoms. The van der Waals surface area contributed by atoms with Crippen LogP contribution in [0.1, 0.15) is 6.42 Å². The number of hydrogen-bond donors (Lipinski definition) is 1. The van der Waals surface area contributed by atoms with Gasteiger partial charge in [0.2, 0.25) is 5.13 Å². The molecule has 3 heterocycles. The fraction of sp³-hybridized carbons (Fsp3) is 0.235. The van der Waals surface area contributed by atoms with Crippen LogP contribution < -0.4 is 10.6 Å². The summed E-state index contributed by atoms with van der Waals surface area (Å²) in [6.07, 6.45) is -12.4. The first kappa shape index (κ1) is 20.3. The van der Waals surface area contributed by atoms with E-state index in [2.05, 4.69) is 10.1 Å². The monoisotopic (exact) mass is 449 g/mol. The molecule has 1 aliphatic heterocycles. The van der Waals surface area contributed by atoms with E-state index in [1.165, 1.54) is 12.1 Å². The number of aromatic nitrogens is 1. The molecule has 1 atom stereocenters. The van der Waals surface area contributed by atoms with Crippen molar-refractivity contribution >= 4 is 33.1 Å². The van der Waals surface area contributed by atoms with Gasteiger partial charge < -0.3 is 9.52 Å². The summed E-state index contributed by atoms with van der Waals surface area (Å²) < 4.78 is 84.1. The summed E-state index contributed by atoms with van der Waals surface area (Å²) in [5.41, 5.74) is -6.53. The maximum absolute atomic E-state index is 13.4. The van der Waals surface area contributed by atoms with Gasteiger partial charge >= 0.3 is 18.0 Å². The average molecular weight is 449 g/mol. The Hall–Kier alpha value is -2.93. The van der Waals surface area contributed by atoms with Gasteiger partial charge in [0.05, 0.1) is 17.7 Å². The first-order valence-electron chi connectivity index (χ1n) is 8.13. The van der Waals surface area contributed by atoms with Crippen molar-refractivity contribution in [2.75, 3.05) is 5.01 Å². The molecule has 1 aromatic carbocycles.